The standard InChI is InChI=1S/C34H44O15/c1-7-9-10-11-12-13-16-41-28-24-15-14-23(17-25(24)47-33(40)31(28)49-27(39)8-2)46-34-32(45-22(6)38)30(44-21(5)37)29(43-20(4)36)26(48-34)18-42-19(3)35/h14-15,17,26,29-30,32,34H,7-13,16,18H2,1-6H3/t26-,29+,30+,32-,34-/m1/s1. The normalized spacial score (nSPS) is 20.2. The van der Waals surface area contributed by atoms with Crippen LogP contribution in [-0.2, 0) is 47.7 Å². The summed E-state index contributed by atoms with van der Waals surface area (Å²) in [6.07, 6.45) is -1.00. The molecule has 5 atom stereocenters. The zero-order valence-corrected chi connectivity index (χ0v) is 28.6. The van der Waals surface area contributed by atoms with E-state index < -0.39 is 72.8 Å². The fourth-order valence-electron chi connectivity index (χ4n) is 5.10. The molecule has 15 nitrogen and oxygen atoms in total. The molecule has 0 N–H and O–H groups in total. The lowest BCUT2D eigenvalue weighted by atomic mass is 9.98. The van der Waals surface area contributed by atoms with Crippen LogP contribution >= 0.6 is 0 Å². The van der Waals surface area contributed by atoms with Gasteiger partial charge in [0.05, 0.1) is 12.0 Å². The lowest BCUT2D eigenvalue weighted by Gasteiger charge is -2.43. The van der Waals surface area contributed by atoms with Gasteiger partial charge in [0, 0.05) is 40.2 Å². The summed E-state index contributed by atoms with van der Waals surface area (Å²) in [4.78, 5) is 73.1. The highest BCUT2D eigenvalue weighted by Gasteiger charge is 2.53. The van der Waals surface area contributed by atoms with Crippen LogP contribution in [0.25, 0.3) is 11.0 Å². The molecule has 1 aromatic carbocycles. The Morgan fingerprint density at radius 3 is 2.02 bits per heavy atom. The first kappa shape index (κ1) is 38.8. The van der Waals surface area contributed by atoms with E-state index in [9.17, 15) is 28.8 Å². The fraction of sp³-hybridized carbons (Fsp3) is 0.588. The van der Waals surface area contributed by atoms with Gasteiger partial charge in [0.15, 0.2) is 18.0 Å². The molecule has 2 aromatic rings. The largest absolute Gasteiger partial charge is 0.489 e. The highest BCUT2D eigenvalue weighted by atomic mass is 16.7. The van der Waals surface area contributed by atoms with Gasteiger partial charge in [-0.2, -0.15) is 0 Å². The van der Waals surface area contributed by atoms with Gasteiger partial charge in [0.1, 0.15) is 24.0 Å². The first-order valence-electron chi connectivity index (χ1n) is 16.3. The molecule has 270 valence electrons. The number of hydrogen-bond acceptors (Lipinski definition) is 15. The number of hydrogen-bond donors (Lipinski definition) is 0. The van der Waals surface area contributed by atoms with Crippen molar-refractivity contribution < 1.29 is 66.3 Å². The number of carbonyl (C=O) groups excluding carboxylic acids is 5. The van der Waals surface area contributed by atoms with Crippen LogP contribution in [0.15, 0.2) is 27.4 Å². The molecule has 0 bridgehead atoms. The topological polar surface area (TPSA) is 189 Å². The summed E-state index contributed by atoms with van der Waals surface area (Å²) in [5.41, 5.74) is -0.959. The van der Waals surface area contributed by atoms with Gasteiger partial charge in [-0.1, -0.05) is 46.0 Å². The lowest BCUT2D eigenvalue weighted by Crippen LogP contribution is -2.63. The third-order valence-corrected chi connectivity index (χ3v) is 7.24. The van der Waals surface area contributed by atoms with Gasteiger partial charge in [-0.3, -0.25) is 24.0 Å². The maximum Gasteiger partial charge on any atom is 0.383 e. The van der Waals surface area contributed by atoms with Gasteiger partial charge < -0.3 is 42.3 Å². The van der Waals surface area contributed by atoms with Crippen LogP contribution in [0.1, 0.15) is 86.5 Å². The highest BCUT2D eigenvalue weighted by Crippen LogP contribution is 2.37. The second kappa shape index (κ2) is 18.8. The summed E-state index contributed by atoms with van der Waals surface area (Å²) in [6, 6.07) is 4.33. The number of benzene rings is 1. The van der Waals surface area contributed by atoms with Gasteiger partial charge in [-0.25, -0.2) is 4.79 Å². The minimum Gasteiger partial charge on any atom is -0.489 e. The molecule has 1 aliphatic rings. The Morgan fingerprint density at radius 2 is 1.39 bits per heavy atom. The van der Waals surface area contributed by atoms with E-state index in [-0.39, 0.29) is 35.9 Å². The molecular weight excluding hydrogens is 648 g/mol. The summed E-state index contributed by atoms with van der Waals surface area (Å²) in [6.45, 7) is 8.01. The Hall–Kier alpha value is -4.66. The molecule has 49 heavy (non-hydrogen) atoms. The van der Waals surface area contributed by atoms with Gasteiger partial charge in [0.25, 0.3) is 5.75 Å². The average molecular weight is 693 g/mol. The van der Waals surface area contributed by atoms with Crippen molar-refractivity contribution in [1.82, 2.24) is 0 Å². The van der Waals surface area contributed by atoms with Crippen molar-refractivity contribution in [2.75, 3.05) is 13.2 Å². The molecule has 1 fully saturated rings. The van der Waals surface area contributed by atoms with Crippen molar-refractivity contribution in [1.29, 1.82) is 0 Å². The van der Waals surface area contributed by atoms with Gasteiger partial charge >= 0.3 is 35.5 Å². The zero-order chi connectivity index (χ0) is 36.1. The van der Waals surface area contributed by atoms with E-state index >= 15 is 0 Å². The molecule has 1 saturated heterocycles. The molecule has 0 saturated carbocycles. The third-order valence-electron chi connectivity index (χ3n) is 7.24. The van der Waals surface area contributed by atoms with Crippen LogP contribution in [0, 0.1) is 0 Å². The number of fused-ring (bicyclic) bond motifs is 1. The summed E-state index contributed by atoms with van der Waals surface area (Å²) in [5.74, 6) is -4.01. The SMILES string of the molecule is CCCCCCCCOc1c(OC(=O)CC)c(=O)oc2cc(O[C@@H]3O[C@H](COC(C)=O)[C@H](OC(C)=O)[C@H](OC(C)=O)[C@H]3OC(C)=O)ccc12. The smallest absolute Gasteiger partial charge is 0.383 e. The summed E-state index contributed by atoms with van der Waals surface area (Å²) >= 11 is 0. The van der Waals surface area contributed by atoms with Crippen LogP contribution in [-0.4, -0.2) is 73.8 Å². The Kier molecular flexibility index (Phi) is 14.9. The van der Waals surface area contributed by atoms with Gasteiger partial charge in [-0.15, -0.1) is 0 Å². The first-order valence-corrected chi connectivity index (χ1v) is 16.3. The van der Waals surface area contributed by atoms with Crippen molar-refractivity contribution in [3.8, 4) is 17.2 Å². The number of ether oxygens (including phenoxy) is 8. The fourth-order valence-corrected chi connectivity index (χ4v) is 5.10. The van der Waals surface area contributed by atoms with Crippen LogP contribution < -0.4 is 19.8 Å². The van der Waals surface area contributed by atoms with E-state index in [1.165, 1.54) is 18.2 Å². The minimum absolute atomic E-state index is 0.00220. The van der Waals surface area contributed by atoms with Gasteiger partial charge in [0.2, 0.25) is 12.4 Å². The quantitative estimate of drug-likeness (QED) is 0.0986. The maximum absolute atomic E-state index is 13.0. The first-order chi connectivity index (χ1) is 23.3. The van der Waals surface area contributed by atoms with Crippen LogP contribution in [0.2, 0.25) is 0 Å². The molecule has 0 radical (unpaired) electrons. The monoisotopic (exact) mass is 692 g/mol. The van der Waals surface area contributed by atoms with Gasteiger partial charge in [-0.05, 0) is 18.6 Å². The van der Waals surface area contributed by atoms with Crippen LogP contribution in [0.4, 0.5) is 0 Å². The molecular formula is C34H44O15. The van der Waals surface area contributed by atoms with Crippen molar-refractivity contribution in [2.45, 2.75) is 117 Å². The Labute approximate surface area is 283 Å². The second-order valence-corrected chi connectivity index (χ2v) is 11.3. The van der Waals surface area contributed by atoms with E-state index in [1.807, 2.05) is 0 Å². The Balaban J connectivity index is 2.00. The highest BCUT2D eigenvalue weighted by molar-refractivity contribution is 5.88. The van der Waals surface area contributed by atoms with E-state index in [0.717, 1.165) is 59.8 Å². The Morgan fingerprint density at radius 1 is 0.755 bits per heavy atom. The average Bonchev–Trinajstić information content (AvgIpc) is 3.02. The lowest BCUT2D eigenvalue weighted by molar-refractivity contribution is -0.288. The number of unbranched alkanes of at least 4 members (excludes halogenated alkanes) is 5. The predicted molar refractivity (Wildman–Crippen MR) is 170 cm³/mol. The van der Waals surface area contributed by atoms with E-state index in [4.69, 9.17) is 42.3 Å². The van der Waals surface area contributed by atoms with E-state index in [2.05, 4.69) is 6.92 Å². The van der Waals surface area contributed by atoms with Crippen LogP contribution in [0.5, 0.6) is 17.2 Å². The van der Waals surface area contributed by atoms with Crippen molar-refractivity contribution in [3.05, 3.63) is 28.6 Å². The molecule has 2 heterocycles. The predicted octanol–water partition coefficient (Wildman–Crippen LogP) is 4.31. The second-order valence-electron chi connectivity index (χ2n) is 11.3. The molecule has 0 unspecified atom stereocenters. The van der Waals surface area contributed by atoms with E-state index in [0.29, 0.717) is 11.8 Å². The van der Waals surface area contributed by atoms with E-state index in [1.54, 1.807) is 6.92 Å². The maximum atomic E-state index is 13.0. The van der Waals surface area contributed by atoms with Crippen LogP contribution in [0.3, 0.4) is 0 Å². The summed E-state index contributed by atoms with van der Waals surface area (Å²) in [7, 11) is 0. The number of rotatable bonds is 17. The molecule has 0 spiro atoms. The van der Waals surface area contributed by atoms with Crippen molar-refractivity contribution in [2.24, 2.45) is 0 Å². The third kappa shape index (κ3) is 11.5. The molecule has 0 amide bonds. The van der Waals surface area contributed by atoms with Crippen molar-refractivity contribution >= 4 is 40.8 Å². The minimum atomic E-state index is -1.52. The molecule has 15 heteroatoms. The summed E-state index contributed by atoms with van der Waals surface area (Å²) < 4.78 is 50.2. The molecule has 0 aliphatic carbocycles. The number of esters is 5. The molecule has 1 aliphatic heterocycles. The zero-order valence-electron chi connectivity index (χ0n) is 28.6. The van der Waals surface area contributed by atoms with Crippen molar-refractivity contribution in [3.63, 3.8) is 0 Å². The summed E-state index contributed by atoms with van der Waals surface area (Å²) in [5, 5.41) is 0.304. The Bertz CT molecular complexity index is 1530. The number of carbonyl (C=O) groups is 5. The molecule has 1 aromatic heterocycles. The molecule has 3 rings (SSSR count).